The van der Waals surface area contributed by atoms with E-state index in [2.05, 4.69) is 25.5 Å². The summed E-state index contributed by atoms with van der Waals surface area (Å²) in [4.78, 5) is 11.6. The normalized spacial score (nSPS) is 11.8. The molecule has 0 aliphatic rings. The lowest BCUT2D eigenvalue weighted by molar-refractivity contribution is 0.0695. The molecule has 32 heavy (non-hydrogen) atoms. The third-order valence-corrected chi connectivity index (χ3v) is 7.34. The minimum Gasteiger partial charge on any atom is -0.478 e. The average molecular weight is 452 g/mol. The zero-order valence-corrected chi connectivity index (χ0v) is 19.4. The number of aromatic carboxylic acids is 1. The van der Waals surface area contributed by atoms with Crippen LogP contribution in [0.15, 0.2) is 77.7 Å². The van der Waals surface area contributed by atoms with Crippen LogP contribution in [-0.4, -0.2) is 19.5 Å². The van der Waals surface area contributed by atoms with Crippen molar-refractivity contribution in [2.75, 3.05) is 4.72 Å². The fourth-order valence-corrected chi connectivity index (χ4v) is 4.57. The molecule has 0 radical (unpaired) electrons. The third kappa shape index (κ3) is 5.56. The highest BCUT2D eigenvalue weighted by atomic mass is 32.2. The first-order chi connectivity index (χ1) is 15.1. The van der Waals surface area contributed by atoms with Gasteiger partial charge in [-0.3, -0.25) is 4.72 Å². The number of sulfonamides is 1. The first-order valence-electron chi connectivity index (χ1n) is 10.7. The lowest BCUT2D eigenvalue weighted by Gasteiger charge is -2.23. The molecule has 0 aliphatic heterocycles. The zero-order chi connectivity index (χ0) is 23.4. The number of carbonyl (C=O) groups is 1. The molecule has 168 valence electrons. The standard InChI is InChI=1S/C26H29NO4S/c1-4-26(2,3)21-14-16-23(17-15-21)32(30,31)27-22-10-7-8-19(18-22)12-13-20-9-5-6-11-24(20)25(28)29/h5-11,14-18,27H,4,12-13H2,1-3H3,(H,28,29). The zero-order valence-electron chi connectivity index (χ0n) is 18.6. The van der Waals surface area contributed by atoms with E-state index in [4.69, 9.17) is 0 Å². The van der Waals surface area contributed by atoms with Crippen LogP contribution in [0.1, 0.15) is 54.2 Å². The fourth-order valence-electron chi connectivity index (χ4n) is 3.52. The second kappa shape index (κ2) is 9.57. The summed E-state index contributed by atoms with van der Waals surface area (Å²) in [5.41, 5.74) is 3.53. The Morgan fingerprint density at radius 1 is 0.938 bits per heavy atom. The topological polar surface area (TPSA) is 83.5 Å². The van der Waals surface area contributed by atoms with Crippen LogP contribution in [-0.2, 0) is 28.3 Å². The van der Waals surface area contributed by atoms with E-state index < -0.39 is 16.0 Å². The Morgan fingerprint density at radius 3 is 2.28 bits per heavy atom. The largest absolute Gasteiger partial charge is 0.478 e. The second-order valence-electron chi connectivity index (χ2n) is 8.53. The van der Waals surface area contributed by atoms with Gasteiger partial charge in [-0.1, -0.05) is 63.2 Å². The van der Waals surface area contributed by atoms with Crippen molar-refractivity contribution in [2.24, 2.45) is 0 Å². The number of hydrogen-bond acceptors (Lipinski definition) is 3. The number of benzene rings is 3. The molecule has 0 heterocycles. The number of anilines is 1. The van der Waals surface area contributed by atoms with E-state index in [1.54, 1.807) is 48.5 Å². The van der Waals surface area contributed by atoms with Crippen LogP contribution in [0.2, 0.25) is 0 Å². The number of aryl methyl sites for hydroxylation is 2. The minimum atomic E-state index is -3.71. The predicted octanol–water partition coefficient (Wildman–Crippen LogP) is 5.66. The van der Waals surface area contributed by atoms with E-state index >= 15 is 0 Å². The Kier molecular flexibility index (Phi) is 7.04. The summed E-state index contributed by atoms with van der Waals surface area (Å²) in [7, 11) is -3.71. The van der Waals surface area contributed by atoms with Crippen LogP contribution in [0, 0.1) is 0 Å². The Labute approximate surface area is 190 Å². The van der Waals surface area contributed by atoms with Gasteiger partial charge in [0.15, 0.2) is 0 Å². The molecule has 0 fully saturated rings. The summed E-state index contributed by atoms with van der Waals surface area (Å²) in [6.07, 6.45) is 2.11. The molecular weight excluding hydrogens is 422 g/mol. The maximum absolute atomic E-state index is 12.9. The van der Waals surface area contributed by atoms with E-state index in [-0.39, 0.29) is 10.3 Å². The maximum Gasteiger partial charge on any atom is 0.335 e. The number of carboxylic acids is 1. The molecule has 6 heteroatoms. The lowest BCUT2D eigenvalue weighted by atomic mass is 9.82. The number of rotatable bonds is 9. The molecule has 5 nitrogen and oxygen atoms in total. The van der Waals surface area contributed by atoms with Gasteiger partial charge in [0.1, 0.15) is 0 Å². The van der Waals surface area contributed by atoms with Crippen molar-refractivity contribution >= 4 is 21.7 Å². The number of nitrogens with one attached hydrogen (secondary N) is 1. The Balaban J connectivity index is 1.73. The van der Waals surface area contributed by atoms with Gasteiger partial charge in [-0.15, -0.1) is 0 Å². The van der Waals surface area contributed by atoms with Gasteiger partial charge in [0.2, 0.25) is 0 Å². The van der Waals surface area contributed by atoms with Gasteiger partial charge >= 0.3 is 5.97 Å². The summed E-state index contributed by atoms with van der Waals surface area (Å²) >= 11 is 0. The SMILES string of the molecule is CCC(C)(C)c1ccc(S(=O)(=O)Nc2cccc(CCc3ccccc3C(=O)O)c2)cc1. The first-order valence-corrected chi connectivity index (χ1v) is 12.1. The first kappa shape index (κ1) is 23.5. The third-order valence-electron chi connectivity index (χ3n) is 5.94. The minimum absolute atomic E-state index is 0.0106. The van der Waals surface area contributed by atoms with Crippen molar-refractivity contribution in [2.45, 2.75) is 50.3 Å². The van der Waals surface area contributed by atoms with Gasteiger partial charge in [-0.2, -0.15) is 0 Å². The fraction of sp³-hybridized carbons (Fsp3) is 0.269. The molecule has 0 atom stereocenters. The van der Waals surface area contributed by atoms with Gasteiger partial charge < -0.3 is 5.11 Å². The summed E-state index contributed by atoms with van der Waals surface area (Å²) in [6, 6.07) is 21.1. The van der Waals surface area contributed by atoms with Crippen LogP contribution < -0.4 is 4.72 Å². The molecule has 0 aliphatic carbocycles. The van der Waals surface area contributed by atoms with Crippen LogP contribution in [0.3, 0.4) is 0 Å². The summed E-state index contributed by atoms with van der Waals surface area (Å²) in [5, 5.41) is 9.34. The van der Waals surface area contributed by atoms with Crippen molar-refractivity contribution < 1.29 is 18.3 Å². The molecule has 0 saturated heterocycles. The molecule has 0 bridgehead atoms. The van der Waals surface area contributed by atoms with Gasteiger partial charge in [0, 0.05) is 5.69 Å². The summed E-state index contributed by atoms with van der Waals surface area (Å²) in [6.45, 7) is 6.38. The molecule has 3 aromatic carbocycles. The molecule has 0 spiro atoms. The molecule has 0 amide bonds. The quantitative estimate of drug-likeness (QED) is 0.440. The summed E-state index contributed by atoms with van der Waals surface area (Å²) in [5.74, 6) is -0.949. The average Bonchev–Trinajstić information content (AvgIpc) is 2.78. The van der Waals surface area contributed by atoms with E-state index in [0.29, 0.717) is 24.1 Å². The van der Waals surface area contributed by atoms with Crippen molar-refractivity contribution in [3.8, 4) is 0 Å². The van der Waals surface area contributed by atoms with Crippen LogP contribution >= 0.6 is 0 Å². The molecule has 2 N–H and O–H groups in total. The highest BCUT2D eigenvalue weighted by molar-refractivity contribution is 7.92. The van der Waals surface area contributed by atoms with Crippen LogP contribution in [0.25, 0.3) is 0 Å². The number of carboxylic acid groups (broad SMARTS) is 1. The van der Waals surface area contributed by atoms with E-state index in [1.165, 1.54) is 0 Å². The Morgan fingerprint density at radius 2 is 1.62 bits per heavy atom. The highest BCUT2D eigenvalue weighted by Gasteiger charge is 2.20. The lowest BCUT2D eigenvalue weighted by Crippen LogP contribution is -2.17. The van der Waals surface area contributed by atoms with Crippen molar-refractivity contribution in [1.29, 1.82) is 0 Å². The van der Waals surface area contributed by atoms with Gasteiger partial charge in [-0.25, -0.2) is 13.2 Å². The van der Waals surface area contributed by atoms with Crippen LogP contribution in [0.5, 0.6) is 0 Å². The smallest absolute Gasteiger partial charge is 0.335 e. The molecule has 0 unspecified atom stereocenters. The van der Waals surface area contributed by atoms with E-state index in [1.807, 2.05) is 24.3 Å². The van der Waals surface area contributed by atoms with Gasteiger partial charge in [0.25, 0.3) is 10.0 Å². The maximum atomic E-state index is 12.9. The van der Waals surface area contributed by atoms with Gasteiger partial charge in [-0.05, 0) is 71.7 Å². The Bertz CT molecular complexity index is 1200. The van der Waals surface area contributed by atoms with Crippen molar-refractivity contribution in [3.05, 3.63) is 95.1 Å². The highest BCUT2D eigenvalue weighted by Crippen LogP contribution is 2.28. The van der Waals surface area contributed by atoms with Crippen molar-refractivity contribution in [1.82, 2.24) is 0 Å². The number of hydrogen-bond donors (Lipinski definition) is 2. The second-order valence-corrected chi connectivity index (χ2v) is 10.2. The van der Waals surface area contributed by atoms with Crippen LogP contribution in [0.4, 0.5) is 5.69 Å². The monoisotopic (exact) mass is 451 g/mol. The van der Waals surface area contributed by atoms with E-state index in [9.17, 15) is 18.3 Å². The molecule has 0 aromatic heterocycles. The summed E-state index contributed by atoms with van der Waals surface area (Å²) < 4.78 is 28.4. The predicted molar refractivity (Wildman–Crippen MR) is 128 cm³/mol. The van der Waals surface area contributed by atoms with Crippen molar-refractivity contribution in [3.63, 3.8) is 0 Å². The Hall–Kier alpha value is -3.12. The molecular formula is C26H29NO4S. The van der Waals surface area contributed by atoms with Gasteiger partial charge in [0.05, 0.1) is 10.5 Å². The molecule has 3 aromatic rings. The molecule has 3 rings (SSSR count). The molecule has 0 saturated carbocycles. The van der Waals surface area contributed by atoms with E-state index in [0.717, 1.165) is 23.1 Å².